The molecule has 2 fully saturated rings. The highest BCUT2D eigenvalue weighted by Crippen LogP contribution is 2.37. The summed E-state index contributed by atoms with van der Waals surface area (Å²) in [5.41, 5.74) is 0.702. The predicted octanol–water partition coefficient (Wildman–Crippen LogP) is 2.97. The Bertz CT molecular complexity index is 439. The van der Waals surface area contributed by atoms with E-state index in [1.807, 2.05) is 0 Å². The number of rotatable bonds is 2. The zero-order valence-corrected chi connectivity index (χ0v) is 10.9. The second-order valence-corrected chi connectivity index (χ2v) is 5.85. The Labute approximate surface area is 111 Å². The van der Waals surface area contributed by atoms with Gasteiger partial charge in [-0.25, -0.2) is 4.39 Å². The van der Waals surface area contributed by atoms with Crippen LogP contribution in [-0.4, -0.2) is 28.2 Å². The highest BCUT2D eigenvalue weighted by molar-refractivity contribution is 6.30. The van der Waals surface area contributed by atoms with Crippen molar-refractivity contribution in [2.75, 3.05) is 0 Å². The number of piperidine rings is 1. The Hall–Kier alpha value is -0.640. The van der Waals surface area contributed by atoms with Crippen molar-refractivity contribution < 1.29 is 9.50 Å². The minimum Gasteiger partial charge on any atom is -0.393 e. The lowest BCUT2D eigenvalue weighted by Crippen LogP contribution is -2.44. The molecule has 1 aromatic rings. The summed E-state index contributed by atoms with van der Waals surface area (Å²) in [5.74, 6) is -0.229. The van der Waals surface area contributed by atoms with Crippen LogP contribution in [0.15, 0.2) is 18.2 Å². The summed E-state index contributed by atoms with van der Waals surface area (Å²) in [7, 11) is 0. The van der Waals surface area contributed by atoms with Crippen LogP contribution in [0.2, 0.25) is 5.02 Å². The summed E-state index contributed by atoms with van der Waals surface area (Å²) in [4.78, 5) is 2.35. The quantitative estimate of drug-likeness (QED) is 0.892. The number of aliphatic hydroxyl groups is 1. The minimum atomic E-state index is -0.229. The van der Waals surface area contributed by atoms with Gasteiger partial charge in [0.2, 0.25) is 0 Å². The van der Waals surface area contributed by atoms with Crippen molar-refractivity contribution in [1.29, 1.82) is 0 Å². The highest BCUT2D eigenvalue weighted by atomic mass is 35.5. The largest absolute Gasteiger partial charge is 0.393 e. The molecule has 0 amide bonds. The van der Waals surface area contributed by atoms with Crippen molar-refractivity contribution in [2.45, 2.75) is 50.4 Å². The van der Waals surface area contributed by atoms with E-state index in [9.17, 15) is 9.50 Å². The molecule has 0 aromatic heterocycles. The third-order valence-electron chi connectivity index (χ3n) is 4.23. The highest BCUT2D eigenvalue weighted by Gasteiger charge is 2.40. The van der Waals surface area contributed by atoms with Crippen LogP contribution in [0.5, 0.6) is 0 Å². The Morgan fingerprint density at radius 1 is 1.28 bits per heavy atom. The SMILES string of the molecule is OC1CC2CCC(C1)N2Cc1ccc(Cl)cc1F. The van der Waals surface area contributed by atoms with E-state index in [0.717, 1.165) is 25.7 Å². The van der Waals surface area contributed by atoms with Crippen LogP contribution in [0, 0.1) is 5.82 Å². The van der Waals surface area contributed by atoms with Gasteiger partial charge < -0.3 is 5.11 Å². The second-order valence-electron chi connectivity index (χ2n) is 5.42. The summed E-state index contributed by atoms with van der Waals surface area (Å²) in [6, 6.07) is 5.70. The Balaban J connectivity index is 1.77. The van der Waals surface area contributed by atoms with Gasteiger partial charge in [-0.1, -0.05) is 17.7 Å². The van der Waals surface area contributed by atoms with E-state index in [4.69, 9.17) is 11.6 Å². The molecule has 2 bridgehead atoms. The average molecular weight is 270 g/mol. The van der Waals surface area contributed by atoms with Crippen molar-refractivity contribution in [1.82, 2.24) is 4.90 Å². The third-order valence-corrected chi connectivity index (χ3v) is 4.46. The number of hydrogen-bond acceptors (Lipinski definition) is 2. The van der Waals surface area contributed by atoms with E-state index in [-0.39, 0.29) is 11.9 Å². The first-order valence-electron chi connectivity index (χ1n) is 6.51. The van der Waals surface area contributed by atoms with Crippen molar-refractivity contribution in [3.8, 4) is 0 Å². The molecule has 1 N–H and O–H groups in total. The third kappa shape index (κ3) is 2.27. The first-order chi connectivity index (χ1) is 8.63. The Morgan fingerprint density at radius 3 is 2.56 bits per heavy atom. The molecule has 2 aliphatic heterocycles. The topological polar surface area (TPSA) is 23.5 Å². The summed E-state index contributed by atoms with van der Waals surface area (Å²) in [5, 5.41) is 10.2. The lowest BCUT2D eigenvalue weighted by molar-refractivity contribution is 0.0305. The van der Waals surface area contributed by atoms with Crippen LogP contribution >= 0.6 is 11.6 Å². The maximum Gasteiger partial charge on any atom is 0.129 e. The van der Waals surface area contributed by atoms with Crippen LogP contribution in [0.1, 0.15) is 31.2 Å². The first-order valence-corrected chi connectivity index (χ1v) is 6.89. The van der Waals surface area contributed by atoms with Gasteiger partial charge >= 0.3 is 0 Å². The maximum atomic E-state index is 13.8. The molecule has 98 valence electrons. The van der Waals surface area contributed by atoms with E-state index in [1.54, 1.807) is 12.1 Å². The monoisotopic (exact) mass is 269 g/mol. The zero-order valence-electron chi connectivity index (χ0n) is 10.1. The van der Waals surface area contributed by atoms with E-state index in [1.165, 1.54) is 6.07 Å². The standard InChI is InChI=1S/C14H17ClFNO/c15-10-2-1-9(14(16)5-10)8-17-11-3-4-12(17)7-13(18)6-11/h1-2,5,11-13,18H,3-4,6-8H2. The minimum absolute atomic E-state index is 0.172. The van der Waals surface area contributed by atoms with Gasteiger partial charge in [0.15, 0.2) is 0 Å². The molecule has 2 nitrogen and oxygen atoms in total. The Kier molecular flexibility index (Phi) is 3.31. The van der Waals surface area contributed by atoms with Crippen LogP contribution < -0.4 is 0 Å². The first kappa shape index (κ1) is 12.4. The molecule has 2 aliphatic rings. The molecule has 4 heteroatoms. The normalized spacial score (nSPS) is 31.8. The molecule has 1 aromatic carbocycles. The fraction of sp³-hybridized carbons (Fsp3) is 0.571. The molecular formula is C14H17ClFNO. The second kappa shape index (κ2) is 4.80. The Morgan fingerprint density at radius 2 is 1.94 bits per heavy atom. The van der Waals surface area contributed by atoms with Gasteiger partial charge in [0.25, 0.3) is 0 Å². The predicted molar refractivity (Wildman–Crippen MR) is 69.0 cm³/mol. The number of hydrogen-bond donors (Lipinski definition) is 1. The van der Waals surface area contributed by atoms with Crippen molar-refractivity contribution in [2.24, 2.45) is 0 Å². The van der Waals surface area contributed by atoms with Gasteiger partial charge in [0.05, 0.1) is 6.10 Å². The summed E-state index contributed by atoms with van der Waals surface area (Å²) < 4.78 is 13.8. The number of aliphatic hydroxyl groups excluding tert-OH is 1. The van der Waals surface area contributed by atoms with E-state index >= 15 is 0 Å². The molecule has 0 aliphatic carbocycles. The van der Waals surface area contributed by atoms with Gasteiger partial charge in [-0.2, -0.15) is 0 Å². The fourth-order valence-electron chi connectivity index (χ4n) is 3.35. The summed E-state index contributed by atoms with van der Waals surface area (Å²) in [6.45, 7) is 0.630. The smallest absolute Gasteiger partial charge is 0.129 e. The molecule has 2 saturated heterocycles. The molecule has 3 rings (SSSR count). The van der Waals surface area contributed by atoms with Crippen LogP contribution in [0.3, 0.4) is 0 Å². The number of halogens is 2. The van der Waals surface area contributed by atoms with Crippen molar-refractivity contribution in [3.05, 3.63) is 34.6 Å². The lowest BCUT2D eigenvalue weighted by atomic mass is 9.99. The van der Waals surface area contributed by atoms with Gasteiger partial charge in [-0.15, -0.1) is 0 Å². The van der Waals surface area contributed by atoms with E-state index < -0.39 is 0 Å². The number of nitrogens with zero attached hydrogens (tertiary/aromatic N) is 1. The lowest BCUT2D eigenvalue weighted by Gasteiger charge is -2.37. The van der Waals surface area contributed by atoms with E-state index in [0.29, 0.717) is 29.2 Å². The van der Waals surface area contributed by atoms with Crippen LogP contribution in [0.4, 0.5) is 4.39 Å². The van der Waals surface area contributed by atoms with Crippen LogP contribution in [0.25, 0.3) is 0 Å². The molecule has 0 spiro atoms. The van der Waals surface area contributed by atoms with Gasteiger partial charge in [-0.05, 0) is 37.8 Å². The van der Waals surface area contributed by atoms with Gasteiger partial charge in [-0.3, -0.25) is 4.90 Å². The number of fused-ring (bicyclic) bond motifs is 2. The molecular weight excluding hydrogens is 253 g/mol. The average Bonchev–Trinajstić information content (AvgIpc) is 2.56. The summed E-state index contributed by atoms with van der Waals surface area (Å²) >= 11 is 5.76. The maximum absolute atomic E-state index is 13.8. The molecule has 2 atom stereocenters. The van der Waals surface area contributed by atoms with Gasteiger partial charge in [0, 0.05) is 29.2 Å². The van der Waals surface area contributed by atoms with Crippen molar-refractivity contribution in [3.63, 3.8) is 0 Å². The van der Waals surface area contributed by atoms with Crippen LogP contribution in [-0.2, 0) is 6.54 Å². The van der Waals surface area contributed by atoms with E-state index in [2.05, 4.69) is 4.90 Å². The molecule has 18 heavy (non-hydrogen) atoms. The van der Waals surface area contributed by atoms with Crippen molar-refractivity contribution >= 4 is 11.6 Å². The molecule has 0 radical (unpaired) electrons. The number of benzene rings is 1. The fourth-order valence-corrected chi connectivity index (χ4v) is 3.51. The molecule has 0 saturated carbocycles. The zero-order chi connectivity index (χ0) is 12.7. The molecule has 2 heterocycles. The summed E-state index contributed by atoms with van der Waals surface area (Å²) in [6.07, 6.45) is 3.72. The molecule has 2 unspecified atom stereocenters. The van der Waals surface area contributed by atoms with Gasteiger partial charge in [0.1, 0.15) is 5.82 Å².